The molecule has 64 valence electrons. The van der Waals surface area contributed by atoms with Gasteiger partial charge in [0.05, 0.1) is 13.7 Å². The van der Waals surface area contributed by atoms with Crippen LogP contribution in [0.3, 0.4) is 0 Å². The molecular formula is C6H11NO4. The fourth-order valence-electron chi connectivity index (χ4n) is 0.549. The van der Waals surface area contributed by atoms with E-state index in [1.54, 1.807) is 0 Å². The monoisotopic (exact) mass is 161 g/mol. The van der Waals surface area contributed by atoms with E-state index in [1.165, 1.54) is 14.2 Å². The van der Waals surface area contributed by atoms with Crippen molar-refractivity contribution in [3.8, 4) is 0 Å². The standard InChI is InChI=1S/C6H11NO4/c1-10-5(3-7-4-8)6(9)11-2/h4-5H,3H2,1-2H3,(H,7,8)/t5-/m1/s1. The lowest BCUT2D eigenvalue weighted by atomic mass is 10.3. The SMILES string of the molecule is COC(=O)[C@@H](CNC=O)OC. The molecule has 1 amide bonds. The van der Waals surface area contributed by atoms with Crippen molar-refractivity contribution in [1.82, 2.24) is 5.32 Å². The number of carbonyl (C=O) groups excluding carboxylic acids is 2. The van der Waals surface area contributed by atoms with Crippen molar-refractivity contribution in [2.75, 3.05) is 20.8 Å². The summed E-state index contributed by atoms with van der Waals surface area (Å²) in [5.74, 6) is -0.498. The maximum atomic E-state index is 10.7. The number of ether oxygens (including phenoxy) is 2. The summed E-state index contributed by atoms with van der Waals surface area (Å²) < 4.78 is 9.09. The predicted molar refractivity (Wildman–Crippen MR) is 36.9 cm³/mol. The van der Waals surface area contributed by atoms with Gasteiger partial charge < -0.3 is 14.8 Å². The minimum absolute atomic E-state index is 0.132. The van der Waals surface area contributed by atoms with Crippen molar-refractivity contribution in [3.63, 3.8) is 0 Å². The Morgan fingerprint density at radius 2 is 2.27 bits per heavy atom. The van der Waals surface area contributed by atoms with Gasteiger partial charge >= 0.3 is 5.97 Å². The van der Waals surface area contributed by atoms with E-state index in [1.807, 2.05) is 0 Å². The Morgan fingerprint density at radius 1 is 1.64 bits per heavy atom. The van der Waals surface area contributed by atoms with Crippen LogP contribution in [0.5, 0.6) is 0 Å². The summed E-state index contributed by atoms with van der Waals surface area (Å²) in [6, 6.07) is 0. The summed E-state index contributed by atoms with van der Waals surface area (Å²) in [5, 5.41) is 2.31. The van der Waals surface area contributed by atoms with Crippen LogP contribution in [-0.4, -0.2) is 39.2 Å². The molecule has 0 heterocycles. The third-order valence-electron chi connectivity index (χ3n) is 1.14. The third kappa shape index (κ3) is 3.57. The van der Waals surface area contributed by atoms with E-state index < -0.39 is 12.1 Å². The Labute approximate surface area is 64.7 Å². The number of rotatable bonds is 5. The topological polar surface area (TPSA) is 64.6 Å². The Balaban J connectivity index is 3.74. The first kappa shape index (κ1) is 9.90. The van der Waals surface area contributed by atoms with Gasteiger partial charge in [0.15, 0.2) is 6.10 Å². The molecule has 11 heavy (non-hydrogen) atoms. The number of carbonyl (C=O) groups is 2. The normalized spacial score (nSPS) is 11.8. The molecule has 1 N–H and O–H groups in total. The Hall–Kier alpha value is -1.10. The second-order valence-corrected chi connectivity index (χ2v) is 1.77. The molecule has 0 aliphatic heterocycles. The van der Waals surface area contributed by atoms with E-state index in [9.17, 15) is 9.59 Å². The molecule has 5 heteroatoms. The van der Waals surface area contributed by atoms with E-state index in [-0.39, 0.29) is 6.54 Å². The predicted octanol–water partition coefficient (Wildman–Crippen LogP) is -1.08. The fourth-order valence-corrected chi connectivity index (χ4v) is 0.549. The molecule has 0 aromatic rings. The summed E-state index contributed by atoms with van der Waals surface area (Å²) in [7, 11) is 2.63. The van der Waals surface area contributed by atoms with Crippen LogP contribution >= 0.6 is 0 Å². The molecule has 0 saturated carbocycles. The summed E-state index contributed by atoms with van der Waals surface area (Å²) in [5.41, 5.74) is 0. The Morgan fingerprint density at radius 3 is 2.64 bits per heavy atom. The summed E-state index contributed by atoms with van der Waals surface area (Å²) >= 11 is 0. The van der Waals surface area contributed by atoms with Gasteiger partial charge in [0.25, 0.3) is 0 Å². The zero-order valence-electron chi connectivity index (χ0n) is 6.49. The second-order valence-electron chi connectivity index (χ2n) is 1.77. The molecule has 0 rings (SSSR count). The fraction of sp³-hybridized carbons (Fsp3) is 0.667. The summed E-state index contributed by atoms with van der Waals surface area (Å²) in [4.78, 5) is 20.6. The van der Waals surface area contributed by atoms with Crippen molar-refractivity contribution in [1.29, 1.82) is 0 Å². The highest BCUT2D eigenvalue weighted by Gasteiger charge is 2.16. The molecule has 0 unspecified atom stereocenters. The average Bonchev–Trinajstić information content (AvgIpc) is 2.05. The summed E-state index contributed by atoms with van der Waals surface area (Å²) in [6.07, 6.45) is -0.222. The maximum Gasteiger partial charge on any atom is 0.336 e. The molecule has 0 aliphatic carbocycles. The van der Waals surface area contributed by atoms with Crippen LogP contribution < -0.4 is 5.32 Å². The lowest BCUT2D eigenvalue weighted by Gasteiger charge is -2.10. The molecule has 0 saturated heterocycles. The van der Waals surface area contributed by atoms with Gasteiger partial charge in [0.1, 0.15) is 0 Å². The first-order valence-electron chi connectivity index (χ1n) is 3.04. The number of esters is 1. The Bertz CT molecular complexity index is 137. The van der Waals surface area contributed by atoms with E-state index in [4.69, 9.17) is 4.74 Å². The highest BCUT2D eigenvalue weighted by atomic mass is 16.6. The zero-order chi connectivity index (χ0) is 8.69. The smallest absolute Gasteiger partial charge is 0.336 e. The molecule has 0 bridgehead atoms. The van der Waals surface area contributed by atoms with Crippen molar-refractivity contribution in [2.45, 2.75) is 6.10 Å². The number of hydrogen-bond donors (Lipinski definition) is 1. The van der Waals surface area contributed by atoms with Crippen LogP contribution in [0.25, 0.3) is 0 Å². The van der Waals surface area contributed by atoms with Gasteiger partial charge in [-0.1, -0.05) is 0 Å². The molecular weight excluding hydrogens is 150 g/mol. The largest absolute Gasteiger partial charge is 0.467 e. The average molecular weight is 161 g/mol. The van der Waals surface area contributed by atoms with Gasteiger partial charge in [-0.05, 0) is 0 Å². The number of hydrogen-bond acceptors (Lipinski definition) is 4. The highest BCUT2D eigenvalue weighted by Crippen LogP contribution is 1.90. The van der Waals surface area contributed by atoms with Crippen molar-refractivity contribution in [3.05, 3.63) is 0 Å². The van der Waals surface area contributed by atoms with E-state index in [0.29, 0.717) is 6.41 Å². The van der Waals surface area contributed by atoms with E-state index >= 15 is 0 Å². The lowest BCUT2D eigenvalue weighted by Crippen LogP contribution is -2.35. The number of amides is 1. The molecule has 5 nitrogen and oxygen atoms in total. The van der Waals surface area contributed by atoms with E-state index in [0.717, 1.165) is 0 Å². The summed E-state index contributed by atoms with van der Waals surface area (Å²) in [6.45, 7) is 0.132. The second kappa shape index (κ2) is 5.67. The molecule has 0 spiro atoms. The molecule has 0 aromatic heterocycles. The van der Waals surface area contributed by atoms with Gasteiger partial charge in [-0.2, -0.15) is 0 Å². The van der Waals surface area contributed by atoms with Gasteiger partial charge in [-0.3, -0.25) is 4.79 Å². The molecule has 0 radical (unpaired) electrons. The zero-order valence-corrected chi connectivity index (χ0v) is 6.49. The number of methoxy groups -OCH3 is 2. The Kier molecular flexibility index (Phi) is 5.10. The highest BCUT2D eigenvalue weighted by molar-refractivity contribution is 5.75. The molecule has 0 aliphatic rings. The van der Waals surface area contributed by atoms with Crippen LogP contribution in [0.4, 0.5) is 0 Å². The van der Waals surface area contributed by atoms with Crippen LogP contribution in [0, 0.1) is 0 Å². The van der Waals surface area contributed by atoms with E-state index in [2.05, 4.69) is 10.1 Å². The molecule has 0 fully saturated rings. The molecule has 0 aromatic carbocycles. The van der Waals surface area contributed by atoms with Gasteiger partial charge in [-0.15, -0.1) is 0 Å². The lowest BCUT2D eigenvalue weighted by molar-refractivity contribution is -0.151. The van der Waals surface area contributed by atoms with Gasteiger partial charge in [0.2, 0.25) is 6.41 Å². The van der Waals surface area contributed by atoms with Gasteiger partial charge in [0, 0.05) is 7.11 Å². The van der Waals surface area contributed by atoms with Crippen LogP contribution in [-0.2, 0) is 19.1 Å². The van der Waals surface area contributed by atoms with Crippen LogP contribution in [0.2, 0.25) is 0 Å². The van der Waals surface area contributed by atoms with Gasteiger partial charge in [-0.25, -0.2) is 4.79 Å². The minimum atomic E-state index is -0.717. The van der Waals surface area contributed by atoms with Crippen LogP contribution in [0.15, 0.2) is 0 Å². The van der Waals surface area contributed by atoms with Crippen LogP contribution in [0.1, 0.15) is 0 Å². The number of nitrogens with one attached hydrogen (secondary N) is 1. The van der Waals surface area contributed by atoms with Crippen molar-refractivity contribution < 1.29 is 19.1 Å². The first-order valence-corrected chi connectivity index (χ1v) is 3.04. The quantitative estimate of drug-likeness (QED) is 0.411. The maximum absolute atomic E-state index is 10.7. The third-order valence-corrected chi connectivity index (χ3v) is 1.14. The minimum Gasteiger partial charge on any atom is -0.467 e. The van der Waals surface area contributed by atoms with Crippen molar-refractivity contribution >= 4 is 12.4 Å². The first-order chi connectivity index (χ1) is 5.26. The molecule has 1 atom stereocenters. The van der Waals surface area contributed by atoms with Crippen molar-refractivity contribution in [2.24, 2.45) is 0 Å².